The number of alkyl halides is 3. The standard InChI is InChI=1S/C20H22F3N5O/c1-12-10-18(20(21,22)23)26-27(12)15(4)19(29)24-11-17-13(2)25-28(14(17)3)16-8-6-5-7-9-16/h5-10,15H,11H2,1-4H3,(H,24,29). The van der Waals surface area contributed by atoms with Crippen LogP contribution in [0.2, 0.25) is 0 Å². The first-order chi connectivity index (χ1) is 13.6. The Morgan fingerprint density at radius 3 is 2.38 bits per heavy atom. The van der Waals surface area contributed by atoms with E-state index in [0.29, 0.717) is 0 Å². The molecule has 3 rings (SSSR count). The first kappa shape index (κ1) is 20.6. The van der Waals surface area contributed by atoms with E-state index < -0.39 is 23.8 Å². The molecule has 0 aliphatic carbocycles. The molecule has 0 spiro atoms. The molecular formula is C20H22F3N5O. The summed E-state index contributed by atoms with van der Waals surface area (Å²) in [6.07, 6.45) is -4.55. The predicted molar refractivity (Wildman–Crippen MR) is 102 cm³/mol. The fourth-order valence-corrected chi connectivity index (χ4v) is 3.20. The van der Waals surface area contributed by atoms with Crippen LogP contribution in [0.4, 0.5) is 13.2 Å². The molecule has 29 heavy (non-hydrogen) atoms. The zero-order valence-electron chi connectivity index (χ0n) is 16.6. The van der Waals surface area contributed by atoms with Crippen molar-refractivity contribution in [3.63, 3.8) is 0 Å². The smallest absolute Gasteiger partial charge is 0.350 e. The fourth-order valence-electron chi connectivity index (χ4n) is 3.20. The summed E-state index contributed by atoms with van der Waals surface area (Å²) in [7, 11) is 0. The van der Waals surface area contributed by atoms with Gasteiger partial charge in [-0.25, -0.2) is 4.68 Å². The van der Waals surface area contributed by atoms with Crippen molar-refractivity contribution in [3.8, 4) is 5.69 Å². The maximum atomic E-state index is 12.9. The molecule has 1 amide bonds. The Morgan fingerprint density at radius 2 is 1.79 bits per heavy atom. The third-order valence-electron chi connectivity index (χ3n) is 4.84. The summed E-state index contributed by atoms with van der Waals surface area (Å²) in [6.45, 7) is 6.99. The second-order valence-electron chi connectivity index (χ2n) is 6.90. The summed E-state index contributed by atoms with van der Waals surface area (Å²) in [5, 5.41) is 10.9. The SMILES string of the molecule is Cc1nn(-c2ccccc2)c(C)c1CNC(=O)C(C)n1nc(C(F)(F)F)cc1C. The Labute approximate surface area is 166 Å². The molecule has 1 atom stereocenters. The number of carbonyl (C=O) groups excluding carboxylic acids is 1. The quantitative estimate of drug-likeness (QED) is 0.700. The zero-order valence-corrected chi connectivity index (χ0v) is 16.6. The minimum atomic E-state index is -4.55. The summed E-state index contributed by atoms with van der Waals surface area (Å²) in [5.74, 6) is -0.420. The van der Waals surface area contributed by atoms with Crippen LogP contribution in [0.15, 0.2) is 36.4 Å². The number of nitrogens with one attached hydrogen (secondary N) is 1. The van der Waals surface area contributed by atoms with E-state index in [4.69, 9.17) is 0 Å². The second kappa shape index (κ2) is 7.73. The van der Waals surface area contributed by atoms with Crippen LogP contribution in [0.5, 0.6) is 0 Å². The first-order valence-electron chi connectivity index (χ1n) is 9.11. The molecule has 0 aliphatic rings. The lowest BCUT2D eigenvalue weighted by atomic mass is 10.2. The summed E-state index contributed by atoms with van der Waals surface area (Å²) in [4.78, 5) is 12.5. The van der Waals surface area contributed by atoms with Gasteiger partial charge in [-0.2, -0.15) is 23.4 Å². The molecule has 0 radical (unpaired) electrons. The number of rotatable bonds is 5. The Balaban J connectivity index is 1.75. The lowest BCUT2D eigenvalue weighted by Crippen LogP contribution is -2.32. The Morgan fingerprint density at radius 1 is 1.14 bits per heavy atom. The summed E-state index contributed by atoms with van der Waals surface area (Å²) in [6, 6.07) is 9.66. The molecule has 0 saturated heterocycles. The Bertz CT molecular complexity index is 1020. The molecule has 3 aromatic rings. The maximum absolute atomic E-state index is 12.9. The largest absolute Gasteiger partial charge is 0.435 e. The zero-order chi connectivity index (χ0) is 21.3. The van der Waals surface area contributed by atoms with E-state index in [2.05, 4.69) is 15.5 Å². The van der Waals surface area contributed by atoms with Gasteiger partial charge >= 0.3 is 6.18 Å². The summed E-state index contributed by atoms with van der Waals surface area (Å²) in [5.41, 5.74) is 2.69. The Hall–Kier alpha value is -3.10. The van der Waals surface area contributed by atoms with E-state index in [1.54, 1.807) is 4.68 Å². The molecule has 1 aromatic carbocycles. The molecule has 0 saturated carbocycles. The number of para-hydroxylation sites is 1. The molecule has 9 heteroatoms. The van der Waals surface area contributed by atoms with Crippen LogP contribution in [0.3, 0.4) is 0 Å². The monoisotopic (exact) mass is 405 g/mol. The normalized spacial score (nSPS) is 12.8. The van der Waals surface area contributed by atoms with Crippen LogP contribution >= 0.6 is 0 Å². The van der Waals surface area contributed by atoms with E-state index >= 15 is 0 Å². The van der Waals surface area contributed by atoms with Gasteiger partial charge in [-0.15, -0.1) is 0 Å². The van der Waals surface area contributed by atoms with E-state index in [1.165, 1.54) is 13.8 Å². The first-order valence-corrected chi connectivity index (χ1v) is 9.11. The van der Waals surface area contributed by atoms with Gasteiger partial charge in [0.15, 0.2) is 5.69 Å². The number of aryl methyl sites for hydroxylation is 2. The summed E-state index contributed by atoms with van der Waals surface area (Å²) < 4.78 is 41.5. The maximum Gasteiger partial charge on any atom is 0.435 e. The van der Waals surface area contributed by atoms with Gasteiger partial charge in [0, 0.05) is 23.5 Å². The van der Waals surface area contributed by atoms with Crippen molar-refractivity contribution < 1.29 is 18.0 Å². The second-order valence-corrected chi connectivity index (χ2v) is 6.90. The van der Waals surface area contributed by atoms with Crippen LogP contribution in [-0.2, 0) is 17.5 Å². The molecule has 0 aliphatic heterocycles. The molecule has 154 valence electrons. The van der Waals surface area contributed by atoms with Crippen molar-refractivity contribution in [1.82, 2.24) is 24.9 Å². The highest BCUT2D eigenvalue weighted by Gasteiger charge is 2.35. The number of aromatic nitrogens is 4. The van der Waals surface area contributed by atoms with Gasteiger partial charge in [0.2, 0.25) is 5.91 Å². The molecule has 0 fully saturated rings. The highest BCUT2D eigenvalue weighted by atomic mass is 19.4. The number of hydrogen-bond acceptors (Lipinski definition) is 3. The molecule has 1 N–H and O–H groups in total. The minimum absolute atomic E-state index is 0.222. The average Bonchev–Trinajstić information content (AvgIpc) is 3.20. The molecular weight excluding hydrogens is 383 g/mol. The minimum Gasteiger partial charge on any atom is -0.350 e. The topological polar surface area (TPSA) is 64.7 Å². The number of halogens is 3. The van der Waals surface area contributed by atoms with Crippen LogP contribution in [0, 0.1) is 20.8 Å². The van der Waals surface area contributed by atoms with E-state index in [1.807, 2.05) is 44.2 Å². The number of carbonyl (C=O) groups is 1. The Kier molecular flexibility index (Phi) is 5.50. The summed E-state index contributed by atoms with van der Waals surface area (Å²) >= 11 is 0. The molecule has 2 aromatic heterocycles. The number of benzene rings is 1. The van der Waals surface area contributed by atoms with Gasteiger partial charge < -0.3 is 5.32 Å². The highest BCUT2D eigenvalue weighted by molar-refractivity contribution is 5.79. The molecule has 1 unspecified atom stereocenters. The van der Waals surface area contributed by atoms with Gasteiger partial charge in [0.1, 0.15) is 6.04 Å². The van der Waals surface area contributed by atoms with Crippen LogP contribution in [0.1, 0.15) is 41.3 Å². The van der Waals surface area contributed by atoms with E-state index in [-0.39, 0.29) is 12.2 Å². The van der Waals surface area contributed by atoms with Crippen molar-refractivity contribution in [3.05, 3.63) is 64.7 Å². The molecule has 6 nitrogen and oxygen atoms in total. The van der Waals surface area contributed by atoms with Crippen molar-refractivity contribution in [2.45, 2.75) is 46.5 Å². The highest BCUT2D eigenvalue weighted by Crippen LogP contribution is 2.29. The van der Waals surface area contributed by atoms with Crippen LogP contribution < -0.4 is 5.32 Å². The predicted octanol–water partition coefficient (Wildman–Crippen LogP) is 3.89. The van der Waals surface area contributed by atoms with Gasteiger partial charge in [-0.3, -0.25) is 9.48 Å². The number of amides is 1. The fraction of sp³-hybridized carbons (Fsp3) is 0.350. The number of hydrogen-bond donors (Lipinski definition) is 1. The van der Waals surface area contributed by atoms with E-state index in [0.717, 1.165) is 33.4 Å². The van der Waals surface area contributed by atoms with Crippen molar-refractivity contribution in [2.24, 2.45) is 0 Å². The lowest BCUT2D eigenvalue weighted by Gasteiger charge is -2.15. The van der Waals surface area contributed by atoms with Crippen molar-refractivity contribution in [2.75, 3.05) is 0 Å². The third kappa shape index (κ3) is 4.18. The van der Waals surface area contributed by atoms with E-state index in [9.17, 15) is 18.0 Å². The molecule has 0 bridgehead atoms. The molecule has 2 heterocycles. The van der Waals surface area contributed by atoms with Crippen molar-refractivity contribution in [1.29, 1.82) is 0 Å². The van der Waals surface area contributed by atoms with Crippen LogP contribution in [0.25, 0.3) is 5.69 Å². The average molecular weight is 405 g/mol. The van der Waals surface area contributed by atoms with Crippen molar-refractivity contribution >= 4 is 5.91 Å². The number of nitrogens with zero attached hydrogens (tertiary/aromatic N) is 4. The van der Waals surface area contributed by atoms with Gasteiger partial charge in [-0.05, 0) is 45.9 Å². The third-order valence-corrected chi connectivity index (χ3v) is 4.84. The van der Waals surface area contributed by atoms with Gasteiger partial charge in [0.25, 0.3) is 0 Å². The van der Waals surface area contributed by atoms with Crippen LogP contribution in [-0.4, -0.2) is 25.5 Å². The van der Waals surface area contributed by atoms with Gasteiger partial charge in [-0.1, -0.05) is 18.2 Å². The van der Waals surface area contributed by atoms with Gasteiger partial charge in [0.05, 0.1) is 11.4 Å². The lowest BCUT2D eigenvalue weighted by molar-refractivity contribution is -0.142.